The Morgan fingerprint density at radius 2 is 1.69 bits per heavy atom. The van der Waals surface area contributed by atoms with Crippen molar-refractivity contribution in [1.82, 2.24) is 34.5 Å². The van der Waals surface area contributed by atoms with E-state index in [2.05, 4.69) is 39.7 Å². The zero-order chi connectivity index (χ0) is 24.7. The number of aliphatic hydroxyl groups excluding tert-OH is 1. The second-order valence-corrected chi connectivity index (χ2v) is 8.37. The second kappa shape index (κ2) is 11.0. The third-order valence-electron chi connectivity index (χ3n) is 5.92. The molecule has 4 aromatic heterocycles. The lowest BCUT2D eigenvalue weighted by Crippen LogP contribution is -2.56. The summed E-state index contributed by atoms with van der Waals surface area (Å²) in [4.78, 5) is 30.8. The minimum Gasteiger partial charge on any atom is -0.392 e. The van der Waals surface area contributed by atoms with Crippen LogP contribution >= 0.6 is 0 Å². The molecular weight excluding hydrogens is 458 g/mol. The van der Waals surface area contributed by atoms with Gasteiger partial charge in [-0.2, -0.15) is 0 Å². The Labute approximate surface area is 208 Å². The highest BCUT2D eigenvalue weighted by molar-refractivity contribution is 5.68. The average Bonchev–Trinajstić information content (AvgIpc) is 3.48. The molecule has 0 unspecified atom stereocenters. The zero-order valence-electron chi connectivity index (χ0n) is 19.9. The maximum absolute atomic E-state index is 9.22. The van der Waals surface area contributed by atoms with Crippen LogP contribution in [0.2, 0.25) is 0 Å². The molecule has 0 bridgehead atoms. The Balaban J connectivity index is 1.24. The first kappa shape index (κ1) is 23.5. The Bertz CT molecular complexity index is 1260. The summed E-state index contributed by atoms with van der Waals surface area (Å²) in [5.41, 5.74) is 2.57. The maximum Gasteiger partial charge on any atom is 0.225 e. The van der Waals surface area contributed by atoms with Crippen molar-refractivity contribution in [2.24, 2.45) is 0 Å². The van der Waals surface area contributed by atoms with Crippen LogP contribution in [0.5, 0.6) is 0 Å². The van der Waals surface area contributed by atoms with Crippen molar-refractivity contribution in [2.45, 2.75) is 12.6 Å². The van der Waals surface area contributed by atoms with Gasteiger partial charge in [0, 0.05) is 81.2 Å². The van der Waals surface area contributed by atoms with E-state index in [0.717, 1.165) is 23.5 Å². The minimum absolute atomic E-state index is 0.0475. The molecule has 5 heterocycles. The molecule has 11 nitrogen and oxygen atoms in total. The van der Waals surface area contributed by atoms with Gasteiger partial charge < -0.3 is 19.6 Å². The fraction of sp³-hybridized carbons (Fsp3) is 0.280. The highest BCUT2D eigenvalue weighted by atomic mass is 16.5. The van der Waals surface area contributed by atoms with E-state index in [1.807, 2.05) is 53.6 Å². The average molecular weight is 486 g/mol. The first-order valence-electron chi connectivity index (χ1n) is 11.6. The molecule has 0 aromatic carbocycles. The quantitative estimate of drug-likeness (QED) is 0.396. The van der Waals surface area contributed by atoms with E-state index in [0.29, 0.717) is 37.2 Å². The van der Waals surface area contributed by atoms with Gasteiger partial charge in [-0.1, -0.05) is 12.2 Å². The van der Waals surface area contributed by atoms with Gasteiger partial charge in [-0.05, 0) is 17.7 Å². The summed E-state index contributed by atoms with van der Waals surface area (Å²) >= 11 is 0. The number of ether oxygens (including phenoxy) is 1. The van der Waals surface area contributed by atoms with Crippen LogP contribution in [0.1, 0.15) is 16.7 Å². The summed E-state index contributed by atoms with van der Waals surface area (Å²) in [5, 5.41) is 9.22. The van der Waals surface area contributed by atoms with E-state index in [1.54, 1.807) is 32.0 Å². The molecule has 0 saturated carbocycles. The largest absolute Gasteiger partial charge is 0.392 e. The number of hydrogen-bond acceptors (Lipinski definition) is 10. The van der Waals surface area contributed by atoms with E-state index in [-0.39, 0.29) is 12.6 Å². The number of aliphatic hydroxyl groups is 1. The summed E-state index contributed by atoms with van der Waals surface area (Å²) < 4.78 is 7.33. The van der Waals surface area contributed by atoms with E-state index >= 15 is 0 Å². The number of methoxy groups -OCH3 is 1. The van der Waals surface area contributed by atoms with E-state index in [9.17, 15) is 5.11 Å². The number of nitrogens with zero attached hydrogens (tertiary/aromatic N) is 9. The lowest BCUT2D eigenvalue weighted by Gasteiger charge is -2.41. The SMILES string of the molecule is COC[C@H]1CN(c2ncc(CO)cn2)CCN1c1ncc(/C=C/c2ccc(-n3ccnc3)nc2)cn1. The highest BCUT2D eigenvalue weighted by Crippen LogP contribution is 2.20. The normalized spacial score (nSPS) is 16.1. The predicted molar refractivity (Wildman–Crippen MR) is 135 cm³/mol. The summed E-state index contributed by atoms with van der Waals surface area (Å²) in [6.45, 7) is 2.57. The molecule has 0 aliphatic carbocycles. The van der Waals surface area contributed by atoms with Crippen LogP contribution in [0.3, 0.4) is 0 Å². The molecule has 1 fully saturated rings. The third-order valence-corrected chi connectivity index (χ3v) is 5.92. The number of pyridine rings is 1. The Morgan fingerprint density at radius 1 is 0.944 bits per heavy atom. The fourth-order valence-corrected chi connectivity index (χ4v) is 4.03. The number of hydrogen-bond donors (Lipinski definition) is 1. The molecule has 1 aliphatic rings. The van der Waals surface area contributed by atoms with Crippen LogP contribution in [-0.2, 0) is 11.3 Å². The minimum atomic E-state index is -0.0711. The smallest absolute Gasteiger partial charge is 0.225 e. The van der Waals surface area contributed by atoms with Gasteiger partial charge in [0.1, 0.15) is 12.1 Å². The number of piperazine rings is 1. The van der Waals surface area contributed by atoms with Gasteiger partial charge >= 0.3 is 0 Å². The molecule has 0 amide bonds. The fourth-order valence-electron chi connectivity index (χ4n) is 4.03. The van der Waals surface area contributed by atoms with Crippen LogP contribution < -0.4 is 9.80 Å². The molecule has 1 N–H and O–H groups in total. The molecule has 5 rings (SSSR count). The number of anilines is 2. The van der Waals surface area contributed by atoms with Crippen LogP contribution in [0, 0.1) is 0 Å². The summed E-state index contributed by atoms with van der Waals surface area (Å²) in [7, 11) is 1.69. The molecule has 0 spiro atoms. The Hall–Kier alpha value is -4.22. The van der Waals surface area contributed by atoms with E-state index in [4.69, 9.17) is 4.74 Å². The third kappa shape index (κ3) is 5.37. The molecule has 184 valence electrons. The van der Waals surface area contributed by atoms with Crippen molar-refractivity contribution >= 4 is 24.0 Å². The highest BCUT2D eigenvalue weighted by Gasteiger charge is 2.30. The molecule has 1 atom stereocenters. The van der Waals surface area contributed by atoms with Crippen LogP contribution in [0.4, 0.5) is 11.9 Å². The number of imidazole rings is 1. The molecular formula is C25H27N9O2. The van der Waals surface area contributed by atoms with Crippen molar-refractivity contribution in [1.29, 1.82) is 0 Å². The molecule has 1 saturated heterocycles. The molecule has 11 heteroatoms. The van der Waals surface area contributed by atoms with Crippen molar-refractivity contribution in [2.75, 3.05) is 43.2 Å². The predicted octanol–water partition coefficient (Wildman–Crippen LogP) is 1.85. The molecule has 4 aromatic rings. The Kier molecular flexibility index (Phi) is 7.20. The summed E-state index contributed by atoms with van der Waals surface area (Å²) in [6.07, 6.45) is 18.0. The van der Waals surface area contributed by atoms with E-state index < -0.39 is 0 Å². The summed E-state index contributed by atoms with van der Waals surface area (Å²) in [6, 6.07) is 4.00. The maximum atomic E-state index is 9.22. The van der Waals surface area contributed by atoms with Gasteiger partial charge in [-0.3, -0.25) is 4.57 Å². The first-order chi connectivity index (χ1) is 17.7. The standard InChI is InChI=1S/C25H27N9O2/c1-36-17-22-15-32(24-28-13-21(16-35)14-29-24)8-9-34(22)25-30-11-20(12-31-25)3-2-19-4-5-23(27-10-19)33-7-6-26-18-33/h2-7,10-14,18,22,35H,8-9,15-17H2,1H3/b3-2+/t22-/m1/s1. The summed E-state index contributed by atoms with van der Waals surface area (Å²) in [5.74, 6) is 2.12. The molecule has 36 heavy (non-hydrogen) atoms. The van der Waals surface area contributed by atoms with Gasteiger partial charge in [0.15, 0.2) is 0 Å². The van der Waals surface area contributed by atoms with Gasteiger partial charge in [0.2, 0.25) is 11.9 Å². The van der Waals surface area contributed by atoms with Gasteiger partial charge in [0.05, 0.1) is 19.3 Å². The molecule has 1 aliphatic heterocycles. The lowest BCUT2D eigenvalue weighted by atomic mass is 10.2. The topological polar surface area (TPSA) is 118 Å². The zero-order valence-corrected chi connectivity index (χ0v) is 19.9. The first-order valence-corrected chi connectivity index (χ1v) is 11.6. The monoisotopic (exact) mass is 485 g/mol. The van der Waals surface area contributed by atoms with Crippen molar-refractivity contribution in [3.63, 3.8) is 0 Å². The molecule has 0 radical (unpaired) electrons. The Morgan fingerprint density at radius 3 is 2.36 bits per heavy atom. The van der Waals surface area contributed by atoms with Crippen molar-refractivity contribution in [3.05, 3.63) is 78.5 Å². The van der Waals surface area contributed by atoms with E-state index in [1.165, 1.54) is 0 Å². The number of aromatic nitrogens is 7. The van der Waals surface area contributed by atoms with Crippen LogP contribution in [0.25, 0.3) is 18.0 Å². The lowest BCUT2D eigenvalue weighted by molar-refractivity contribution is 0.173. The van der Waals surface area contributed by atoms with Gasteiger partial charge in [-0.25, -0.2) is 29.9 Å². The van der Waals surface area contributed by atoms with Gasteiger partial charge in [0.25, 0.3) is 0 Å². The number of rotatable bonds is 8. The van der Waals surface area contributed by atoms with Crippen molar-refractivity contribution < 1.29 is 9.84 Å². The van der Waals surface area contributed by atoms with Crippen LogP contribution in [0.15, 0.2) is 61.8 Å². The second-order valence-electron chi connectivity index (χ2n) is 8.37. The van der Waals surface area contributed by atoms with Gasteiger partial charge in [-0.15, -0.1) is 0 Å². The van der Waals surface area contributed by atoms with Crippen molar-refractivity contribution in [3.8, 4) is 5.82 Å². The van der Waals surface area contributed by atoms with Crippen LogP contribution in [-0.4, -0.2) is 79.0 Å².